The lowest BCUT2D eigenvalue weighted by Gasteiger charge is -2.10. The van der Waals surface area contributed by atoms with Gasteiger partial charge >= 0.3 is 5.63 Å². The molecule has 0 aliphatic rings. The second-order valence-electron chi connectivity index (χ2n) is 7.02. The van der Waals surface area contributed by atoms with Crippen molar-refractivity contribution in [3.8, 4) is 11.1 Å². The average molecular weight is 383 g/mol. The van der Waals surface area contributed by atoms with Crippen molar-refractivity contribution in [2.75, 3.05) is 5.32 Å². The molecule has 0 radical (unpaired) electrons. The second-order valence-corrected chi connectivity index (χ2v) is 7.02. The Morgan fingerprint density at radius 1 is 0.931 bits per heavy atom. The van der Waals surface area contributed by atoms with E-state index in [1.807, 2.05) is 67.6 Å². The monoisotopic (exact) mass is 383 g/mol. The minimum atomic E-state index is -0.375. The maximum Gasteiger partial charge on any atom is 0.344 e. The zero-order chi connectivity index (χ0) is 20.4. The number of hydrogen-bond acceptors (Lipinski definition) is 3. The molecule has 1 aromatic heterocycles. The molecule has 0 saturated heterocycles. The predicted molar refractivity (Wildman–Crippen MR) is 116 cm³/mol. The lowest BCUT2D eigenvalue weighted by Crippen LogP contribution is -2.12. The fourth-order valence-corrected chi connectivity index (χ4v) is 3.39. The third-order valence-corrected chi connectivity index (χ3v) is 5.04. The molecule has 144 valence electrons. The van der Waals surface area contributed by atoms with Gasteiger partial charge in [0.15, 0.2) is 0 Å². The van der Waals surface area contributed by atoms with Crippen molar-refractivity contribution in [1.82, 2.24) is 0 Å². The summed E-state index contributed by atoms with van der Waals surface area (Å²) in [4.78, 5) is 25.0. The van der Waals surface area contributed by atoms with Crippen molar-refractivity contribution in [1.29, 1.82) is 0 Å². The normalized spacial score (nSPS) is 10.8. The van der Waals surface area contributed by atoms with Crippen LogP contribution in [0.4, 0.5) is 5.69 Å². The first-order valence-electron chi connectivity index (χ1n) is 9.59. The topological polar surface area (TPSA) is 59.3 Å². The van der Waals surface area contributed by atoms with Crippen LogP contribution in [0.3, 0.4) is 0 Å². The van der Waals surface area contributed by atoms with Crippen molar-refractivity contribution in [3.63, 3.8) is 0 Å². The lowest BCUT2D eigenvalue weighted by molar-refractivity contribution is 0.102. The van der Waals surface area contributed by atoms with Gasteiger partial charge in [0.05, 0.1) is 5.56 Å². The molecule has 1 heterocycles. The number of aryl methyl sites for hydroxylation is 2. The van der Waals surface area contributed by atoms with E-state index in [4.69, 9.17) is 4.42 Å². The van der Waals surface area contributed by atoms with Crippen LogP contribution in [0.5, 0.6) is 0 Å². The molecule has 0 aliphatic carbocycles. The molecule has 29 heavy (non-hydrogen) atoms. The molecule has 4 aromatic rings. The highest BCUT2D eigenvalue weighted by molar-refractivity contribution is 6.04. The third-order valence-electron chi connectivity index (χ3n) is 5.04. The van der Waals surface area contributed by atoms with Gasteiger partial charge in [-0.1, -0.05) is 43.3 Å². The molecule has 4 nitrogen and oxygen atoms in total. The van der Waals surface area contributed by atoms with E-state index >= 15 is 0 Å². The van der Waals surface area contributed by atoms with Crippen molar-refractivity contribution in [3.05, 3.63) is 99.9 Å². The molecule has 0 atom stereocenters. The zero-order valence-electron chi connectivity index (χ0n) is 16.4. The molecule has 0 aliphatic heterocycles. The molecule has 3 aromatic carbocycles. The molecule has 0 fully saturated rings. The van der Waals surface area contributed by atoms with Gasteiger partial charge in [-0.2, -0.15) is 0 Å². The van der Waals surface area contributed by atoms with E-state index in [1.165, 1.54) is 5.56 Å². The van der Waals surface area contributed by atoms with E-state index in [2.05, 4.69) is 12.2 Å². The van der Waals surface area contributed by atoms with Crippen LogP contribution < -0.4 is 10.9 Å². The summed E-state index contributed by atoms with van der Waals surface area (Å²) < 4.78 is 5.45. The lowest BCUT2D eigenvalue weighted by atomic mass is 10.0. The number of rotatable bonds is 4. The number of anilines is 1. The number of carbonyl (C=O) groups is 1. The quantitative estimate of drug-likeness (QED) is 0.468. The molecule has 4 heteroatoms. The van der Waals surface area contributed by atoms with Crippen molar-refractivity contribution in [2.24, 2.45) is 0 Å². The first-order chi connectivity index (χ1) is 14.0. The van der Waals surface area contributed by atoms with Gasteiger partial charge in [-0.05, 0) is 66.4 Å². The molecular formula is C25H21NO3. The molecular weight excluding hydrogens is 362 g/mol. The summed E-state index contributed by atoms with van der Waals surface area (Å²) in [7, 11) is 0. The first-order valence-corrected chi connectivity index (χ1v) is 9.59. The summed E-state index contributed by atoms with van der Waals surface area (Å²) in [6.07, 6.45) is 0.936. The number of fused-ring (bicyclic) bond motifs is 1. The van der Waals surface area contributed by atoms with Gasteiger partial charge in [0.1, 0.15) is 5.58 Å². The van der Waals surface area contributed by atoms with Gasteiger partial charge in [0, 0.05) is 16.6 Å². The number of hydrogen-bond donors (Lipinski definition) is 1. The van der Waals surface area contributed by atoms with Gasteiger partial charge in [0.2, 0.25) is 0 Å². The highest BCUT2D eigenvalue weighted by Gasteiger charge is 2.12. The molecule has 0 unspecified atom stereocenters. The Morgan fingerprint density at radius 2 is 1.69 bits per heavy atom. The minimum Gasteiger partial charge on any atom is -0.422 e. The van der Waals surface area contributed by atoms with Crippen molar-refractivity contribution >= 4 is 22.6 Å². The van der Waals surface area contributed by atoms with Crippen LogP contribution in [0, 0.1) is 6.92 Å². The highest BCUT2D eigenvalue weighted by Crippen LogP contribution is 2.26. The summed E-state index contributed by atoms with van der Waals surface area (Å²) in [6, 6.07) is 22.4. The second kappa shape index (κ2) is 7.76. The number of benzene rings is 3. The molecule has 1 amide bonds. The summed E-state index contributed by atoms with van der Waals surface area (Å²) >= 11 is 0. The van der Waals surface area contributed by atoms with E-state index in [-0.39, 0.29) is 11.5 Å². The summed E-state index contributed by atoms with van der Waals surface area (Å²) in [5.41, 5.74) is 4.85. The SMILES string of the molecule is CCc1ccc(C(=O)Nc2ccc(-c3cc4ccccc4oc3=O)c(C)c2)cc1. The molecule has 1 N–H and O–H groups in total. The van der Waals surface area contributed by atoms with Crippen LogP contribution in [0.15, 0.2) is 82.0 Å². The van der Waals surface area contributed by atoms with E-state index in [0.29, 0.717) is 22.4 Å². The summed E-state index contributed by atoms with van der Waals surface area (Å²) in [5, 5.41) is 3.79. The average Bonchev–Trinajstić information content (AvgIpc) is 2.73. The summed E-state index contributed by atoms with van der Waals surface area (Å²) in [5.74, 6) is -0.162. The Labute approximate surface area is 168 Å². The molecule has 0 spiro atoms. The predicted octanol–water partition coefficient (Wildman–Crippen LogP) is 5.58. The number of para-hydroxylation sites is 1. The van der Waals surface area contributed by atoms with E-state index in [0.717, 1.165) is 22.9 Å². The number of carbonyl (C=O) groups excluding carboxylic acids is 1. The summed E-state index contributed by atoms with van der Waals surface area (Å²) in [6.45, 7) is 3.99. The Morgan fingerprint density at radius 3 is 2.41 bits per heavy atom. The van der Waals surface area contributed by atoms with Gasteiger partial charge in [-0.15, -0.1) is 0 Å². The Kier molecular flexibility index (Phi) is 5.00. The molecule has 0 saturated carbocycles. The smallest absolute Gasteiger partial charge is 0.344 e. The van der Waals surface area contributed by atoms with E-state index < -0.39 is 0 Å². The van der Waals surface area contributed by atoms with Crippen LogP contribution >= 0.6 is 0 Å². The van der Waals surface area contributed by atoms with Gasteiger partial charge in [0.25, 0.3) is 5.91 Å². The van der Waals surface area contributed by atoms with Gasteiger partial charge < -0.3 is 9.73 Å². The van der Waals surface area contributed by atoms with E-state index in [9.17, 15) is 9.59 Å². The van der Waals surface area contributed by atoms with E-state index in [1.54, 1.807) is 12.1 Å². The Hall–Kier alpha value is -3.66. The standard InChI is InChI=1S/C25H21NO3/c1-3-17-8-10-18(11-9-17)24(27)26-20-12-13-21(16(2)14-20)22-15-19-6-4-5-7-23(19)29-25(22)28/h4-15H,3H2,1-2H3,(H,26,27). The Balaban J connectivity index is 1.62. The van der Waals surface area contributed by atoms with Crippen molar-refractivity contribution < 1.29 is 9.21 Å². The third kappa shape index (κ3) is 3.83. The fourth-order valence-electron chi connectivity index (χ4n) is 3.39. The maximum atomic E-state index is 12.5. The number of amides is 1. The highest BCUT2D eigenvalue weighted by atomic mass is 16.4. The van der Waals surface area contributed by atoms with Gasteiger partial charge in [-0.3, -0.25) is 4.79 Å². The van der Waals surface area contributed by atoms with Gasteiger partial charge in [-0.25, -0.2) is 4.79 Å². The maximum absolute atomic E-state index is 12.5. The largest absolute Gasteiger partial charge is 0.422 e. The Bertz CT molecular complexity index is 1250. The first kappa shape index (κ1) is 18.7. The van der Waals surface area contributed by atoms with Crippen LogP contribution in [-0.2, 0) is 6.42 Å². The molecule has 4 rings (SSSR count). The number of nitrogens with one attached hydrogen (secondary N) is 1. The van der Waals surface area contributed by atoms with Crippen LogP contribution in [0.1, 0.15) is 28.4 Å². The molecule has 0 bridgehead atoms. The zero-order valence-corrected chi connectivity index (χ0v) is 16.4. The van der Waals surface area contributed by atoms with Crippen LogP contribution in [-0.4, -0.2) is 5.91 Å². The minimum absolute atomic E-state index is 0.162. The van der Waals surface area contributed by atoms with Crippen molar-refractivity contribution in [2.45, 2.75) is 20.3 Å². The fraction of sp³-hybridized carbons (Fsp3) is 0.120. The van der Waals surface area contributed by atoms with Crippen LogP contribution in [0.2, 0.25) is 0 Å². The van der Waals surface area contributed by atoms with Crippen LogP contribution in [0.25, 0.3) is 22.1 Å².